The van der Waals surface area contributed by atoms with E-state index in [4.69, 9.17) is 9.47 Å². The van der Waals surface area contributed by atoms with E-state index in [2.05, 4.69) is 20.3 Å². The average Bonchev–Trinajstić information content (AvgIpc) is 3.30. The molecule has 0 saturated carbocycles. The number of carbonyl (C=O) groups excluding carboxylic acids is 3. The zero-order valence-corrected chi connectivity index (χ0v) is 16.5. The van der Waals surface area contributed by atoms with E-state index in [1.807, 2.05) is 60.7 Å². The highest BCUT2D eigenvalue weighted by molar-refractivity contribution is 5.92. The highest BCUT2D eigenvalue weighted by Gasteiger charge is 2.24. The van der Waals surface area contributed by atoms with Gasteiger partial charge in [0.2, 0.25) is 0 Å². The maximum atomic E-state index is 12.6. The van der Waals surface area contributed by atoms with Crippen LogP contribution in [0.5, 0.6) is 0 Å². The molecule has 3 rings (SSSR count). The van der Waals surface area contributed by atoms with Gasteiger partial charge in [-0.25, -0.2) is 9.59 Å². The summed E-state index contributed by atoms with van der Waals surface area (Å²) in [6.07, 6.45) is 0.696. The van der Waals surface area contributed by atoms with Crippen molar-refractivity contribution in [3.63, 3.8) is 0 Å². The Morgan fingerprint density at radius 3 is 2.23 bits per heavy atom. The van der Waals surface area contributed by atoms with Gasteiger partial charge in [-0.2, -0.15) is 0 Å². The Labute approximate surface area is 178 Å². The minimum Gasteiger partial charge on any atom is -0.454 e. The Kier molecular flexibility index (Phi) is 7.76. The number of hydrogen-bond donors (Lipinski definition) is 2. The van der Waals surface area contributed by atoms with E-state index in [0.717, 1.165) is 11.1 Å². The average molecular weight is 423 g/mol. The summed E-state index contributed by atoms with van der Waals surface area (Å²) in [5, 5.41) is 8.46. The number of anilines is 1. The fourth-order valence-corrected chi connectivity index (χ4v) is 2.64. The van der Waals surface area contributed by atoms with Crippen molar-refractivity contribution in [2.24, 2.45) is 0 Å². The lowest BCUT2D eigenvalue weighted by Crippen LogP contribution is -2.44. The molecule has 0 fully saturated rings. The maximum absolute atomic E-state index is 12.6. The van der Waals surface area contributed by atoms with Crippen molar-refractivity contribution >= 4 is 23.8 Å². The SMILES string of the molecule is O=C(COC(=O)[C@H](Cc1ccccc1)NC(=O)OCc1ccccc1)Nc1ccon1. The second-order valence-corrected chi connectivity index (χ2v) is 6.49. The van der Waals surface area contributed by atoms with Gasteiger partial charge in [-0.1, -0.05) is 65.8 Å². The molecule has 0 spiro atoms. The minimum atomic E-state index is -1.04. The second-order valence-electron chi connectivity index (χ2n) is 6.49. The summed E-state index contributed by atoms with van der Waals surface area (Å²) in [5.41, 5.74) is 1.62. The molecule has 9 nitrogen and oxygen atoms in total. The van der Waals surface area contributed by atoms with Crippen molar-refractivity contribution in [1.82, 2.24) is 10.5 Å². The topological polar surface area (TPSA) is 120 Å². The molecular formula is C22H21N3O6. The third kappa shape index (κ3) is 7.32. The van der Waals surface area contributed by atoms with Crippen molar-refractivity contribution < 1.29 is 28.4 Å². The van der Waals surface area contributed by atoms with Crippen LogP contribution in [0.15, 0.2) is 77.5 Å². The van der Waals surface area contributed by atoms with Crippen LogP contribution in [0.1, 0.15) is 11.1 Å². The van der Waals surface area contributed by atoms with E-state index >= 15 is 0 Å². The quantitative estimate of drug-likeness (QED) is 0.508. The van der Waals surface area contributed by atoms with Crippen LogP contribution in [0.4, 0.5) is 10.6 Å². The molecule has 160 valence electrons. The van der Waals surface area contributed by atoms with Gasteiger partial charge in [0, 0.05) is 12.5 Å². The Hall–Kier alpha value is -4.14. The number of ether oxygens (including phenoxy) is 2. The zero-order valence-electron chi connectivity index (χ0n) is 16.5. The minimum absolute atomic E-state index is 0.0554. The van der Waals surface area contributed by atoms with Crippen molar-refractivity contribution in [2.45, 2.75) is 19.1 Å². The summed E-state index contributed by atoms with van der Waals surface area (Å²) in [6, 6.07) is 18.7. The number of hydrogen-bond acceptors (Lipinski definition) is 7. The number of amides is 2. The number of carbonyl (C=O) groups is 3. The molecule has 0 saturated heterocycles. The number of nitrogens with one attached hydrogen (secondary N) is 2. The predicted octanol–water partition coefficient (Wildman–Crippen LogP) is 2.69. The Balaban J connectivity index is 1.56. The first-order valence-electron chi connectivity index (χ1n) is 9.48. The molecule has 1 aromatic heterocycles. The van der Waals surface area contributed by atoms with Gasteiger partial charge in [0.1, 0.15) is 18.9 Å². The molecule has 0 radical (unpaired) electrons. The van der Waals surface area contributed by atoms with Crippen LogP contribution in [0.2, 0.25) is 0 Å². The molecular weight excluding hydrogens is 402 g/mol. The summed E-state index contributed by atoms with van der Waals surface area (Å²) in [4.78, 5) is 36.7. The largest absolute Gasteiger partial charge is 0.454 e. The van der Waals surface area contributed by atoms with Crippen LogP contribution >= 0.6 is 0 Å². The van der Waals surface area contributed by atoms with Crippen LogP contribution in [-0.4, -0.2) is 35.8 Å². The maximum Gasteiger partial charge on any atom is 0.408 e. The molecule has 0 unspecified atom stereocenters. The molecule has 2 aromatic carbocycles. The Bertz CT molecular complexity index is 977. The number of rotatable bonds is 9. The van der Waals surface area contributed by atoms with Gasteiger partial charge < -0.3 is 24.6 Å². The molecule has 1 atom stereocenters. The first kappa shape index (κ1) is 21.6. The predicted molar refractivity (Wildman–Crippen MR) is 110 cm³/mol. The number of nitrogens with zero attached hydrogens (tertiary/aromatic N) is 1. The van der Waals surface area contributed by atoms with Crippen LogP contribution in [-0.2, 0) is 32.1 Å². The third-order valence-corrected chi connectivity index (χ3v) is 4.12. The van der Waals surface area contributed by atoms with Gasteiger partial charge in [0.15, 0.2) is 12.4 Å². The molecule has 1 heterocycles. The standard InChI is InChI=1S/C22H21N3O6/c26-20(24-19-11-12-31-25-19)15-29-21(27)18(13-16-7-3-1-4-8-16)23-22(28)30-14-17-9-5-2-6-10-17/h1-12,18H,13-15H2,(H,23,28)(H,24,25,26)/t18-/m0/s1. The molecule has 0 aliphatic heterocycles. The van der Waals surface area contributed by atoms with Crippen LogP contribution in [0.25, 0.3) is 0 Å². The summed E-state index contributed by atoms with van der Waals surface area (Å²) in [6.45, 7) is -0.488. The summed E-state index contributed by atoms with van der Waals surface area (Å²) in [7, 11) is 0. The van der Waals surface area contributed by atoms with Gasteiger partial charge in [-0.15, -0.1) is 0 Å². The number of aromatic nitrogens is 1. The summed E-state index contributed by atoms with van der Waals surface area (Å²) < 4.78 is 14.9. The molecule has 3 aromatic rings. The molecule has 2 amide bonds. The van der Waals surface area contributed by atoms with Crippen LogP contribution in [0, 0.1) is 0 Å². The van der Waals surface area contributed by atoms with E-state index in [1.165, 1.54) is 12.3 Å². The van der Waals surface area contributed by atoms with E-state index in [-0.39, 0.29) is 18.8 Å². The van der Waals surface area contributed by atoms with Crippen LogP contribution < -0.4 is 10.6 Å². The lowest BCUT2D eigenvalue weighted by Gasteiger charge is -2.17. The number of benzene rings is 2. The molecule has 31 heavy (non-hydrogen) atoms. The lowest BCUT2D eigenvalue weighted by molar-refractivity contribution is -0.149. The Morgan fingerprint density at radius 1 is 0.903 bits per heavy atom. The van der Waals surface area contributed by atoms with Crippen molar-refractivity contribution in [3.8, 4) is 0 Å². The van der Waals surface area contributed by atoms with Crippen molar-refractivity contribution in [2.75, 3.05) is 11.9 Å². The van der Waals surface area contributed by atoms with E-state index < -0.39 is 30.6 Å². The number of esters is 1. The van der Waals surface area contributed by atoms with E-state index in [0.29, 0.717) is 0 Å². The molecule has 0 bridgehead atoms. The van der Waals surface area contributed by atoms with Crippen molar-refractivity contribution in [1.29, 1.82) is 0 Å². The molecule has 2 N–H and O–H groups in total. The summed E-state index contributed by atoms with van der Waals surface area (Å²) >= 11 is 0. The van der Waals surface area contributed by atoms with Crippen molar-refractivity contribution in [3.05, 3.63) is 84.1 Å². The van der Waals surface area contributed by atoms with Gasteiger partial charge >= 0.3 is 12.1 Å². The highest BCUT2D eigenvalue weighted by Crippen LogP contribution is 2.07. The second kappa shape index (κ2) is 11.1. The molecule has 0 aliphatic rings. The monoisotopic (exact) mass is 423 g/mol. The van der Waals surface area contributed by atoms with Gasteiger partial charge in [-0.05, 0) is 11.1 Å². The van der Waals surface area contributed by atoms with Crippen LogP contribution in [0.3, 0.4) is 0 Å². The normalized spacial score (nSPS) is 11.2. The zero-order chi connectivity index (χ0) is 21.9. The van der Waals surface area contributed by atoms with Gasteiger partial charge in [0.05, 0.1) is 0 Å². The highest BCUT2D eigenvalue weighted by atomic mass is 16.6. The Morgan fingerprint density at radius 2 is 1.58 bits per heavy atom. The van der Waals surface area contributed by atoms with E-state index in [9.17, 15) is 14.4 Å². The third-order valence-electron chi connectivity index (χ3n) is 4.12. The number of alkyl carbamates (subject to hydrolysis) is 1. The molecule has 9 heteroatoms. The lowest BCUT2D eigenvalue weighted by atomic mass is 10.1. The molecule has 0 aliphatic carbocycles. The van der Waals surface area contributed by atoms with E-state index in [1.54, 1.807) is 0 Å². The fourth-order valence-electron chi connectivity index (χ4n) is 2.64. The van der Waals surface area contributed by atoms with Gasteiger partial charge in [-0.3, -0.25) is 4.79 Å². The first-order valence-corrected chi connectivity index (χ1v) is 9.48. The first-order chi connectivity index (χ1) is 15.1. The summed E-state index contributed by atoms with van der Waals surface area (Å²) in [5.74, 6) is -1.16. The fraction of sp³-hybridized carbons (Fsp3) is 0.182. The van der Waals surface area contributed by atoms with Gasteiger partial charge in [0.25, 0.3) is 5.91 Å². The smallest absolute Gasteiger partial charge is 0.408 e.